The van der Waals surface area contributed by atoms with E-state index in [9.17, 15) is 4.79 Å². The molecule has 4 rings (SSSR count). The van der Waals surface area contributed by atoms with Gasteiger partial charge in [-0.3, -0.25) is 14.7 Å². The summed E-state index contributed by atoms with van der Waals surface area (Å²) in [6.45, 7) is 4.31. The molecule has 7 nitrogen and oxygen atoms in total. The maximum Gasteiger partial charge on any atom is 0.255 e. The highest BCUT2D eigenvalue weighted by Gasteiger charge is 2.21. The molecule has 0 aliphatic carbocycles. The van der Waals surface area contributed by atoms with E-state index in [1.165, 1.54) is 0 Å². The predicted octanol–water partition coefficient (Wildman–Crippen LogP) is 2.68. The van der Waals surface area contributed by atoms with Crippen molar-refractivity contribution in [3.63, 3.8) is 0 Å². The lowest BCUT2D eigenvalue weighted by molar-refractivity contribution is 0.241. The van der Waals surface area contributed by atoms with E-state index in [-0.39, 0.29) is 5.56 Å². The third-order valence-corrected chi connectivity index (χ3v) is 5.71. The van der Waals surface area contributed by atoms with E-state index in [0.717, 1.165) is 59.2 Å². The van der Waals surface area contributed by atoms with E-state index in [0.29, 0.717) is 12.4 Å². The molecule has 4 heterocycles. The Labute approximate surface area is 167 Å². The number of aromatic amines is 1. The van der Waals surface area contributed by atoms with Gasteiger partial charge in [0.05, 0.1) is 11.3 Å². The minimum absolute atomic E-state index is 0.0657. The standard InChI is InChI=1S/C20H22N6OS/c1-2-9-28-20-22-10-14(11-23-20)12-26-8-5-17-16(13-26)19(27)25-18(24-17)15-3-6-21-7-4-15/h3-4,6-7,10-11H,2,5,8-9,12-13H2,1H3,(H,24,25,27). The van der Waals surface area contributed by atoms with Crippen molar-refractivity contribution in [1.82, 2.24) is 29.8 Å². The monoisotopic (exact) mass is 394 g/mol. The van der Waals surface area contributed by atoms with Crippen LogP contribution in [0.1, 0.15) is 30.2 Å². The zero-order valence-corrected chi connectivity index (χ0v) is 16.6. The molecule has 3 aromatic heterocycles. The molecular weight excluding hydrogens is 372 g/mol. The van der Waals surface area contributed by atoms with Crippen molar-refractivity contribution in [2.45, 2.75) is 38.0 Å². The van der Waals surface area contributed by atoms with E-state index >= 15 is 0 Å². The second kappa shape index (κ2) is 8.62. The Morgan fingerprint density at radius 2 is 2.00 bits per heavy atom. The van der Waals surface area contributed by atoms with Gasteiger partial charge in [-0.05, 0) is 18.6 Å². The van der Waals surface area contributed by atoms with Gasteiger partial charge in [0.15, 0.2) is 5.16 Å². The fourth-order valence-corrected chi connectivity index (χ4v) is 3.85. The van der Waals surface area contributed by atoms with Gasteiger partial charge >= 0.3 is 0 Å². The average Bonchev–Trinajstić information content (AvgIpc) is 2.74. The number of hydrogen-bond acceptors (Lipinski definition) is 7. The normalized spacial score (nSPS) is 14.0. The lowest BCUT2D eigenvalue weighted by atomic mass is 10.1. The first-order valence-corrected chi connectivity index (χ1v) is 10.4. The lowest BCUT2D eigenvalue weighted by Gasteiger charge is -2.27. The number of hydrogen-bond donors (Lipinski definition) is 1. The molecule has 0 saturated carbocycles. The van der Waals surface area contributed by atoms with Gasteiger partial charge in [0.25, 0.3) is 5.56 Å². The molecule has 28 heavy (non-hydrogen) atoms. The van der Waals surface area contributed by atoms with Gasteiger partial charge in [-0.15, -0.1) is 0 Å². The number of H-pyrrole nitrogens is 1. The van der Waals surface area contributed by atoms with Crippen molar-refractivity contribution in [1.29, 1.82) is 0 Å². The van der Waals surface area contributed by atoms with Crippen LogP contribution in [0.15, 0.2) is 46.9 Å². The molecule has 0 amide bonds. The number of nitrogens with zero attached hydrogens (tertiary/aromatic N) is 5. The second-order valence-electron chi connectivity index (χ2n) is 6.76. The van der Waals surface area contributed by atoms with Crippen molar-refractivity contribution < 1.29 is 0 Å². The van der Waals surface area contributed by atoms with Crippen LogP contribution in [0.5, 0.6) is 0 Å². The Bertz CT molecular complexity index is 990. The molecule has 0 fully saturated rings. The van der Waals surface area contributed by atoms with Crippen LogP contribution in [0.4, 0.5) is 0 Å². The van der Waals surface area contributed by atoms with Crippen LogP contribution in [-0.2, 0) is 19.5 Å². The molecule has 144 valence electrons. The van der Waals surface area contributed by atoms with Gasteiger partial charge in [-0.25, -0.2) is 15.0 Å². The predicted molar refractivity (Wildman–Crippen MR) is 109 cm³/mol. The zero-order valence-electron chi connectivity index (χ0n) is 15.8. The first-order valence-electron chi connectivity index (χ1n) is 9.41. The van der Waals surface area contributed by atoms with Crippen LogP contribution >= 0.6 is 11.8 Å². The maximum atomic E-state index is 12.6. The molecule has 1 N–H and O–H groups in total. The molecule has 0 aromatic carbocycles. The number of fused-ring (bicyclic) bond motifs is 1. The molecule has 8 heteroatoms. The summed E-state index contributed by atoms with van der Waals surface area (Å²) >= 11 is 1.67. The Balaban J connectivity index is 1.47. The lowest BCUT2D eigenvalue weighted by Crippen LogP contribution is -2.35. The zero-order chi connectivity index (χ0) is 19.3. The molecule has 1 aliphatic heterocycles. The first-order chi connectivity index (χ1) is 13.7. The number of thioether (sulfide) groups is 1. The van der Waals surface area contributed by atoms with E-state index in [4.69, 9.17) is 0 Å². The van der Waals surface area contributed by atoms with Crippen LogP contribution in [0.2, 0.25) is 0 Å². The minimum atomic E-state index is -0.0657. The topological polar surface area (TPSA) is 87.7 Å². The van der Waals surface area contributed by atoms with Gasteiger partial charge in [0.1, 0.15) is 5.82 Å². The summed E-state index contributed by atoms with van der Waals surface area (Å²) < 4.78 is 0. The Hall–Kier alpha value is -2.58. The van der Waals surface area contributed by atoms with Crippen molar-refractivity contribution in [3.8, 4) is 11.4 Å². The smallest absolute Gasteiger partial charge is 0.255 e. The fourth-order valence-electron chi connectivity index (χ4n) is 3.21. The third-order valence-electron chi connectivity index (χ3n) is 4.62. The van der Waals surface area contributed by atoms with E-state index in [1.54, 1.807) is 24.2 Å². The van der Waals surface area contributed by atoms with Crippen molar-refractivity contribution in [3.05, 3.63) is 64.1 Å². The highest BCUT2D eigenvalue weighted by atomic mass is 32.2. The SMILES string of the molecule is CCCSc1ncc(CN2CCc3nc(-c4ccncc4)[nH]c(=O)c3C2)cn1. The minimum Gasteiger partial charge on any atom is -0.306 e. The summed E-state index contributed by atoms with van der Waals surface area (Å²) in [4.78, 5) is 35.3. The van der Waals surface area contributed by atoms with Crippen LogP contribution in [0.3, 0.4) is 0 Å². The van der Waals surface area contributed by atoms with E-state index in [1.807, 2.05) is 24.5 Å². The molecule has 0 saturated heterocycles. The van der Waals surface area contributed by atoms with Crippen LogP contribution in [0.25, 0.3) is 11.4 Å². The molecule has 0 atom stereocenters. The third kappa shape index (κ3) is 4.28. The summed E-state index contributed by atoms with van der Waals surface area (Å²) in [5, 5.41) is 0.818. The van der Waals surface area contributed by atoms with Crippen molar-refractivity contribution >= 4 is 11.8 Å². The number of nitrogens with one attached hydrogen (secondary N) is 1. The van der Waals surface area contributed by atoms with Crippen molar-refractivity contribution in [2.24, 2.45) is 0 Å². The highest BCUT2D eigenvalue weighted by molar-refractivity contribution is 7.99. The van der Waals surface area contributed by atoms with Gasteiger partial charge in [-0.1, -0.05) is 18.7 Å². The molecule has 1 aliphatic rings. The summed E-state index contributed by atoms with van der Waals surface area (Å²) in [7, 11) is 0. The summed E-state index contributed by atoms with van der Waals surface area (Å²) in [5.74, 6) is 1.63. The van der Waals surface area contributed by atoms with E-state index in [2.05, 4.69) is 36.7 Å². The molecular formula is C20H22N6OS. The fraction of sp³-hybridized carbons (Fsp3) is 0.350. The Morgan fingerprint density at radius 3 is 2.75 bits per heavy atom. The molecule has 0 unspecified atom stereocenters. The van der Waals surface area contributed by atoms with Gasteiger partial charge in [-0.2, -0.15) is 0 Å². The molecule has 0 radical (unpaired) electrons. The Kier molecular flexibility index (Phi) is 5.78. The van der Waals surface area contributed by atoms with Crippen LogP contribution < -0.4 is 5.56 Å². The quantitative estimate of drug-likeness (QED) is 0.508. The van der Waals surface area contributed by atoms with Crippen molar-refractivity contribution in [2.75, 3.05) is 12.3 Å². The number of rotatable bonds is 6. The second-order valence-corrected chi connectivity index (χ2v) is 7.82. The van der Waals surface area contributed by atoms with Gasteiger partial charge in [0.2, 0.25) is 0 Å². The molecule has 3 aromatic rings. The van der Waals surface area contributed by atoms with E-state index < -0.39 is 0 Å². The van der Waals surface area contributed by atoms with Gasteiger partial charge in [0, 0.05) is 67.7 Å². The number of aromatic nitrogens is 5. The Morgan fingerprint density at radius 1 is 1.21 bits per heavy atom. The summed E-state index contributed by atoms with van der Waals surface area (Å²) in [6, 6.07) is 3.70. The summed E-state index contributed by atoms with van der Waals surface area (Å²) in [5.41, 5.74) is 3.50. The molecule has 0 spiro atoms. The average molecular weight is 395 g/mol. The summed E-state index contributed by atoms with van der Waals surface area (Å²) in [6.07, 6.45) is 9.03. The first kappa shape index (κ1) is 18.8. The van der Waals surface area contributed by atoms with Crippen LogP contribution in [0, 0.1) is 0 Å². The van der Waals surface area contributed by atoms with Gasteiger partial charge < -0.3 is 4.98 Å². The highest BCUT2D eigenvalue weighted by Crippen LogP contribution is 2.20. The largest absolute Gasteiger partial charge is 0.306 e. The van der Waals surface area contributed by atoms with Crippen LogP contribution in [-0.4, -0.2) is 42.1 Å². The maximum absolute atomic E-state index is 12.6. The molecule has 0 bridgehead atoms. The number of pyridine rings is 1.